The van der Waals surface area contributed by atoms with E-state index >= 15 is 0 Å². The van der Waals surface area contributed by atoms with E-state index in [2.05, 4.69) is 4.98 Å². The summed E-state index contributed by atoms with van der Waals surface area (Å²) in [5.74, 6) is 3.45. The van der Waals surface area contributed by atoms with E-state index in [1.165, 1.54) is 30.3 Å². The molecule has 0 spiro atoms. The highest BCUT2D eigenvalue weighted by Crippen LogP contribution is 2.37. The van der Waals surface area contributed by atoms with Crippen LogP contribution in [0.4, 0.5) is 14.6 Å². The first kappa shape index (κ1) is 23.1. The van der Waals surface area contributed by atoms with E-state index in [-0.39, 0.29) is 21.3 Å². The number of nitrogens with two attached hydrogens (primary N) is 1. The van der Waals surface area contributed by atoms with Gasteiger partial charge in [-0.25, -0.2) is 36.4 Å². The number of aromatic nitrogens is 1. The molecule has 0 radical (unpaired) electrons. The minimum absolute atomic E-state index is 0.0662. The van der Waals surface area contributed by atoms with Crippen molar-refractivity contribution in [3.05, 3.63) is 88.6 Å². The second-order valence-corrected chi connectivity index (χ2v) is 10.9. The van der Waals surface area contributed by atoms with E-state index in [0.717, 1.165) is 36.7 Å². The average molecular weight is 488 g/mol. The number of anilines is 1. The average Bonchev–Trinajstić information content (AvgIpc) is 2.70. The summed E-state index contributed by atoms with van der Waals surface area (Å²) >= 11 is 5.83. The Balaban J connectivity index is 2.28. The number of sulfone groups is 1. The lowest BCUT2D eigenvalue weighted by molar-refractivity contribution is 0.569. The van der Waals surface area contributed by atoms with Crippen molar-refractivity contribution < 1.29 is 25.6 Å². The van der Waals surface area contributed by atoms with Crippen molar-refractivity contribution >= 4 is 37.3 Å². The lowest BCUT2D eigenvalue weighted by atomic mass is 10.0. The van der Waals surface area contributed by atoms with Gasteiger partial charge in [-0.05, 0) is 60.2 Å². The third-order valence-corrected chi connectivity index (χ3v) is 7.58. The summed E-state index contributed by atoms with van der Waals surface area (Å²) in [5.41, 5.74) is -0.529. The number of benzene rings is 2. The summed E-state index contributed by atoms with van der Waals surface area (Å²) in [7, 11) is -8.26. The Morgan fingerprint density at radius 3 is 2.26 bits per heavy atom. The molecule has 164 valence electrons. The summed E-state index contributed by atoms with van der Waals surface area (Å²) in [6.07, 6.45) is 1.95. The van der Waals surface area contributed by atoms with Crippen LogP contribution in [-0.4, -0.2) is 28.1 Å². The van der Waals surface area contributed by atoms with Gasteiger partial charge in [-0.1, -0.05) is 11.6 Å². The molecule has 0 saturated heterocycles. The standard InChI is InChI=1S/C19H16ClF2N3O4S2/c1-30(26,27)25(23)18-10-12(8-9-24-18)19(16-11-14(21)4-7-17(16)22)31(28,29)15-5-2-13(20)3-6-15/h2-11,19H,23H2,1H3. The zero-order chi connectivity index (χ0) is 23.0. The molecule has 0 saturated carbocycles. The quantitative estimate of drug-likeness (QED) is 0.422. The molecule has 12 heteroatoms. The molecule has 1 atom stereocenters. The van der Waals surface area contributed by atoms with Crippen molar-refractivity contribution in [1.82, 2.24) is 4.98 Å². The van der Waals surface area contributed by atoms with Gasteiger partial charge in [0.1, 0.15) is 16.9 Å². The molecule has 0 amide bonds. The number of halogens is 3. The molecule has 0 fully saturated rings. The first-order valence-electron chi connectivity index (χ1n) is 8.56. The third kappa shape index (κ3) is 4.85. The lowest BCUT2D eigenvalue weighted by Gasteiger charge is -2.21. The number of hydrazine groups is 1. The number of nitrogens with zero attached hydrogens (tertiary/aromatic N) is 2. The maximum atomic E-state index is 14.7. The van der Waals surface area contributed by atoms with Gasteiger partial charge in [-0.3, -0.25) is 0 Å². The Morgan fingerprint density at radius 1 is 1.00 bits per heavy atom. The number of hydrogen-bond donors (Lipinski definition) is 1. The smallest absolute Gasteiger partial charge is 0.237 e. The molecular formula is C19H16ClF2N3O4S2. The van der Waals surface area contributed by atoms with Crippen LogP contribution < -0.4 is 10.3 Å². The molecule has 7 nitrogen and oxygen atoms in total. The highest BCUT2D eigenvalue weighted by molar-refractivity contribution is 7.92. The zero-order valence-corrected chi connectivity index (χ0v) is 18.3. The predicted octanol–water partition coefficient (Wildman–Crippen LogP) is 3.22. The molecule has 31 heavy (non-hydrogen) atoms. The fourth-order valence-corrected chi connectivity index (χ4v) is 5.26. The minimum Gasteiger partial charge on any atom is -0.237 e. The summed E-state index contributed by atoms with van der Waals surface area (Å²) < 4.78 is 79.4. The molecule has 2 N–H and O–H groups in total. The van der Waals surface area contributed by atoms with Gasteiger partial charge in [0.25, 0.3) is 0 Å². The van der Waals surface area contributed by atoms with Crippen molar-refractivity contribution in [2.75, 3.05) is 10.7 Å². The number of rotatable bonds is 6. The van der Waals surface area contributed by atoms with E-state index < -0.39 is 42.3 Å². The van der Waals surface area contributed by atoms with E-state index in [4.69, 9.17) is 17.4 Å². The van der Waals surface area contributed by atoms with Gasteiger partial charge in [0.05, 0.1) is 11.2 Å². The fourth-order valence-electron chi connectivity index (χ4n) is 2.89. The van der Waals surface area contributed by atoms with Gasteiger partial charge in [-0.15, -0.1) is 0 Å². The van der Waals surface area contributed by atoms with Crippen LogP contribution in [0.5, 0.6) is 0 Å². The topological polar surface area (TPSA) is 110 Å². The van der Waals surface area contributed by atoms with Crippen LogP contribution in [0.2, 0.25) is 5.02 Å². The highest BCUT2D eigenvalue weighted by atomic mass is 35.5. The summed E-state index contributed by atoms with van der Waals surface area (Å²) in [5, 5.41) is -1.44. The van der Waals surface area contributed by atoms with E-state index in [9.17, 15) is 25.6 Å². The SMILES string of the molecule is CS(=O)(=O)N(N)c1cc(C(c2cc(F)ccc2F)S(=O)(=O)c2ccc(Cl)cc2)ccn1. The van der Waals surface area contributed by atoms with Gasteiger partial charge in [0.2, 0.25) is 10.0 Å². The molecule has 1 heterocycles. The van der Waals surface area contributed by atoms with E-state index in [0.29, 0.717) is 4.41 Å². The van der Waals surface area contributed by atoms with Crippen molar-refractivity contribution in [2.45, 2.75) is 10.1 Å². The van der Waals surface area contributed by atoms with Crippen LogP contribution in [0.3, 0.4) is 0 Å². The normalized spacial score (nSPS) is 13.1. The Kier molecular flexibility index (Phi) is 6.33. The maximum absolute atomic E-state index is 14.7. The first-order chi connectivity index (χ1) is 14.4. The number of hydrogen-bond acceptors (Lipinski definition) is 6. The molecule has 1 unspecified atom stereocenters. The van der Waals surface area contributed by atoms with Gasteiger partial charge in [0, 0.05) is 16.8 Å². The van der Waals surface area contributed by atoms with Crippen LogP contribution >= 0.6 is 11.6 Å². The Hall–Kier alpha value is -2.60. The summed E-state index contributed by atoms with van der Waals surface area (Å²) in [6.45, 7) is 0. The third-order valence-electron chi connectivity index (χ3n) is 4.35. The fraction of sp³-hybridized carbons (Fsp3) is 0.105. The van der Waals surface area contributed by atoms with Crippen LogP contribution in [0.1, 0.15) is 16.4 Å². The molecule has 2 aromatic carbocycles. The molecule has 0 aliphatic carbocycles. The Morgan fingerprint density at radius 2 is 1.65 bits per heavy atom. The van der Waals surface area contributed by atoms with Gasteiger partial charge in [0.15, 0.2) is 15.7 Å². The summed E-state index contributed by atoms with van der Waals surface area (Å²) in [6, 6.07) is 9.92. The Bertz CT molecular complexity index is 1330. The zero-order valence-electron chi connectivity index (χ0n) is 15.9. The number of pyridine rings is 1. The molecule has 1 aromatic heterocycles. The predicted molar refractivity (Wildman–Crippen MR) is 113 cm³/mol. The van der Waals surface area contributed by atoms with E-state index in [1.807, 2.05) is 0 Å². The van der Waals surface area contributed by atoms with Crippen molar-refractivity contribution in [3.63, 3.8) is 0 Å². The van der Waals surface area contributed by atoms with Gasteiger partial charge < -0.3 is 0 Å². The molecule has 0 bridgehead atoms. The number of sulfonamides is 1. The highest BCUT2D eigenvalue weighted by Gasteiger charge is 2.34. The second kappa shape index (κ2) is 8.50. The second-order valence-electron chi connectivity index (χ2n) is 6.55. The maximum Gasteiger partial charge on any atom is 0.246 e. The first-order valence-corrected chi connectivity index (χ1v) is 12.3. The summed E-state index contributed by atoms with van der Waals surface area (Å²) in [4.78, 5) is 3.63. The molecule has 0 aliphatic rings. The van der Waals surface area contributed by atoms with Gasteiger partial charge >= 0.3 is 0 Å². The molecule has 3 rings (SSSR count). The molecule has 0 aliphatic heterocycles. The van der Waals surface area contributed by atoms with Crippen LogP contribution in [0.25, 0.3) is 0 Å². The molecule has 3 aromatic rings. The van der Waals surface area contributed by atoms with Crippen molar-refractivity contribution in [2.24, 2.45) is 5.84 Å². The van der Waals surface area contributed by atoms with Gasteiger partial charge in [-0.2, -0.15) is 4.41 Å². The lowest BCUT2D eigenvalue weighted by Crippen LogP contribution is -2.37. The largest absolute Gasteiger partial charge is 0.246 e. The van der Waals surface area contributed by atoms with Crippen LogP contribution in [0.15, 0.2) is 65.7 Å². The minimum atomic E-state index is -4.34. The van der Waals surface area contributed by atoms with Crippen molar-refractivity contribution in [3.8, 4) is 0 Å². The van der Waals surface area contributed by atoms with Crippen LogP contribution in [-0.2, 0) is 19.9 Å². The van der Waals surface area contributed by atoms with E-state index in [1.54, 1.807) is 0 Å². The van der Waals surface area contributed by atoms with Crippen LogP contribution in [0, 0.1) is 11.6 Å². The van der Waals surface area contributed by atoms with Crippen molar-refractivity contribution in [1.29, 1.82) is 0 Å². The molecular weight excluding hydrogens is 472 g/mol. The monoisotopic (exact) mass is 487 g/mol. The Labute approximate surface area is 183 Å².